The lowest BCUT2D eigenvalue weighted by molar-refractivity contribution is 0.0882. The van der Waals surface area contributed by atoms with Crippen LogP contribution in [-0.4, -0.2) is 0 Å². The van der Waals surface area contributed by atoms with Crippen molar-refractivity contribution in [1.82, 2.24) is 0 Å². The van der Waals surface area contributed by atoms with Gasteiger partial charge in [0.25, 0.3) is 0 Å². The number of nitrogens with zero attached hydrogens (tertiary/aromatic N) is 1. The van der Waals surface area contributed by atoms with Crippen molar-refractivity contribution >= 4 is 11.6 Å². The van der Waals surface area contributed by atoms with Crippen LogP contribution in [0.15, 0.2) is 54.6 Å². The highest BCUT2D eigenvalue weighted by atomic mass is 35.5. The first-order chi connectivity index (χ1) is 13.5. The number of hydrogen-bond acceptors (Lipinski definition) is 2. The molecule has 0 spiro atoms. The molecule has 0 bridgehead atoms. The van der Waals surface area contributed by atoms with Gasteiger partial charge in [-0.1, -0.05) is 54.9 Å². The van der Waals surface area contributed by atoms with Gasteiger partial charge in [0.1, 0.15) is 23.0 Å². The summed E-state index contributed by atoms with van der Waals surface area (Å²) in [5.41, 5.74) is 1.16. The van der Waals surface area contributed by atoms with E-state index in [1.165, 1.54) is 24.3 Å². The predicted octanol–water partition coefficient (Wildman–Crippen LogP) is 6.40. The van der Waals surface area contributed by atoms with Crippen molar-refractivity contribution in [1.29, 1.82) is 5.26 Å². The average molecular weight is 396 g/mol. The van der Waals surface area contributed by atoms with Gasteiger partial charge in [-0.25, -0.2) is 8.78 Å². The minimum Gasteiger partial charge on any atom is -0.482 e. The summed E-state index contributed by atoms with van der Waals surface area (Å²) in [6, 6.07) is 17.1. The third-order valence-corrected chi connectivity index (χ3v) is 5.68. The summed E-state index contributed by atoms with van der Waals surface area (Å²) in [5, 5.41) is 9.25. The lowest BCUT2D eigenvalue weighted by Gasteiger charge is -2.28. The van der Waals surface area contributed by atoms with Crippen LogP contribution in [0.3, 0.4) is 0 Å². The Bertz CT molecular complexity index is 1110. The van der Waals surface area contributed by atoms with E-state index in [-0.39, 0.29) is 21.7 Å². The molecule has 0 aromatic heterocycles. The first kappa shape index (κ1) is 18.5. The first-order valence-electron chi connectivity index (χ1n) is 8.95. The summed E-state index contributed by atoms with van der Waals surface area (Å²) in [5.74, 6) is -1.00. The Morgan fingerprint density at radius 2 is 1.82 bits per heavy atom. The van der Waals surface area contributed by atoms with Crippen molar-refractivity contribution in [2.45, 2.75) is 25.4 Å². The molecule has 0 N–H and O–H groups in total. The van der Waals surface area contributed by atoms with Gasteiger partial charge in [-0.3, -0.25) is 0 Å². The third kappa shape index (κ3) is 2.75. The second-order valence-electron chi connectivity index (χ2n) is 6.79. The summed E-state index contributed by atoms with van der Waals surface area (Å²) in [6.07, 6.45) is 1.03. The van der Waals surface area contributed by atoms with E-state index in [2.05, 4.69) is 0 Å². The Hall–Kier alpha value is -2.90. The molecule has 0 unspecified atom stereocenters. The van der Waals surface area contributed by atoms with Crippen molar-refractivity contribution in [3.05, 3.63) is 87.9 Å². The second kappa shape index (κ2) is 6.92. The first-order valence-corrected chi connectivity index (χ1v) is 9.33. The van der Waals surface area contributed by atoms with E-state index in [9.17, 15) is 14.0 Å². The standard InChI is InChI=1S/C23H16ClF2NO/c1-2-23(15-8-4-3-5-9-15)12-16-19(28-23)11-18(26)22(24)21(16)20-14(13-27)7-6-10-17(20)25/h3-11H,2,12H2,1H3/t23-/m0/s1. The van der Waals surface area contributed by atoms with Gasteiger partial charge in [0.15, 0.2) is 0 Å². The molecule has 5 heteroatoms. The molecule has 140 valence electrons. The Labute approximate surface area is 167 Å². The number of rotatable bonds is 3. The second-order valence-corrected chi connectivity index (χ2v) is 7.17. The minimum atomic E-state index is -0.706. The summed E-state index contributed by atoms with van der Waals surface area (Å²) >= 11 is 6.29. The highest BCUT2D eigenvalue weighted by molar-refractivity contribution is 6.34. The number of nitriles is 1. The maximum absolute atomic E-state index is 14.7. The van der Waals surface area contributed by atoms with E-state index in [1.807, 2.05) is 43.3 Å². The normalized spacial score (nSPS) is 17.7. The minimum absolute atomic E-state index is 0.00862. The van der Waals surface area contributed by atoms with Crippen LogP contribution in [0.2, 0.25) is 5.02 Å². The fourth-order valence-corrected chi connectivity index (χ4v) is 4.14. The Kier molecular flexibility index (Phi) is 4.56. The highest BCUT2D eigenvalue weighted by Gasteiger charge is 2.42. The fraction of sp³-hybridized carbons (Fsp3) is 0.174. The van der Waals surface area contributed by atoms with Crippen molar-refractivity contribution in [3.63, 3.8) is 0 Å². The molecule has 28 heavy (non-hydrogen) atoms. The van der Waals surface area contributed by atoms with E-state index in [4.69, 9.17) is 16.3 Å². The van der Waals surface area contributed by atoms with Crippen molar-refractivity contribution in [2.75, 3.05) is 0 Å². The molecule has 1 heterocycles. The lowest BCUT2D eigenvalue weighted by atomic mass is 9.84. The Balaban J connectivity index is 1.97. The van der Waals surface area contributed by atoms with Gasteiger partial charge in [0.05, 0.1) is 16.7 Å². The predicted molar refractivity (Wildman–Crippen MR) is 104 cm³/mol. The van der Waals surface area contributed by atoms with Crippen LogP contribution in [-0.2, 0) is 12.0 Å². The van der Waals surface area contributed by atoms with Gasteiger partial charge in [-0.05, 0) is 24.1 Å². The molecule has 3 aromatic carbocycles. The maximum Gasteiger partial charge on any atom is 0.146 e. The molecular formula is C23H16ClF2NO. The Morgan fingerprint density at radius 3 is 2.50 bits per heavy atom. The molecule has 1 aliphatic rings. The van der Waals surface area contributed by atoms with Crippen molar-refractivity contribution in [3.8, 4) is 22.9 Å². The molecule has 1 aliphatic heterocycles. The molecule has 0 saturated heterocycles. The van der Waals surface area contributed by atoms with Crippen molar-refractivity contribution < 1.29 is 13.5 Å². The van der Waals surface area contributed by atoms with Gasteiger partial charge in [0, 0.05) is 29.2 Å². The summed E-state index contributed by atoms with van der Waals surface area (Å²) in [4.78, 5) is 0. The van der Waals surface area contributed by atoms with Crippen LogP contribution in [0.4, 0.5) is 8.78 Å². The molecule has 0 fully saturated rings. The molecule has 0 radical (unpaired) electrons. The maximum atomic E-state index is 14.7. The van der Waals surface area contributed by atoms with Crippen molar-refractivity contribution in [2.24, 2.45) is 0 Å². The van der Waals surface area contributed by atoms with Gasteiger partial charge >= 0.3 is 0 Å². The van der Waals surface area contributed by atoms with Crippen LogP contribution in [0, 0.1) is 23.0 Å². The zero-order valence-electron chi connectivity index (χ0n) is 15.1. The number of ether oxygens (including phenoxy) is 1. The van der Waals surface area contributed by atoms with Crippen LogP contribution in [0.5, 0.6) is 5.75 Å². The monoisotopic (exact) mass is 395 g/mol. The molecule has 0 amide bonds. The smallest absolute Gasteiger partial charge is 0.146 e. The summed E-state index contributed by atoms with van der Waals surface area (Å²) in [7, 11) is 0. The molecular weight excluding hydrogens is 380 g/mol. The molecule has 4 rings (SSSR count). The van der Waals surface area contributed by atoms with Crippen LogP contribution in [0.1, 0.15) is 30.0 Å². The van der Waals surface area contributed by atoms with E-state index in [0.29, 0.717) is 24.2 Å². The number of halogens is 3. The SMILES string of the molecule is CC[C@@]1(c2ccccc2)Cc2c(cc(F)c(Cl)c2-c2c(F)cccc2C#N)O1. The molecule has 2 nitrogen and oxygen atoms in total. The molecule has 3 aromatic rings. The van der Waals surface area contributed by atoms with Crippen LogP contribution >= 0.6 is 11.6 Å². The Morgan fingerprint density at radius 1 is 1.07 bits per heavy atom. The molecule has 0 aliphatic carbocycles. The van der Waals surface area contributed by atoms with Gasteiger partial charge in [-0.15, -0.1) is 0 Å². The highest BCUT2D eigenvalue weighted by Crippen LogP contribution is 2.50. The number of benzene rings is 3. The average Bonchev–Trinajstić information content (AvgIpc) is 3.09. The number of hydrogen-bond donors (Lipinski definition) is 0. The topological polar surface area (TPSA) is 33.0 Å². The van der Waals surface area contributed by atoms with Gasteiger partial charge in [0.2, 0.25) is 0 Å². The van der Waals surface area contributed by atoms with Crippen LogP contribution in [0.25, 0.3) is 11.1 Å². The van der Waals surface area contributed by atoms with E-state index < -0.39 is 17.2 Å². The van der Waals surface area contributed by atoms with E-state index in [0.717, 1.165) is 5.56 Å². The van der Waals surface area contributed by atoms with E-state index in [1.54, 1.807) is 0 Å². The zero-order valence-corrected chi connectivity index (χ0v) is 15.9. The zero-order chi connectivity index (χ0) is 19.9. The molecule has 0 saturated carbocycles. The van der Waals surface area contributed by atoms with E-state index >= 15 is 0 Å². The largest absolute Gasteiger partial charge is 0.482 e. The van der Waals surface area contributed by atoms with Crippen LogP contribution < -0.4 is 4.74 Å². The quantitative estimate of drug-likeness (QED) is 0.514. The number of fused-ring (bicyclic) bond motifs is 1. The molecule has 1 atom stereocenters. The lowest BCUT2D eigenvalue weighted by Crippen LogP contribution is -2.30. The summed E-state index contributed by atoms with van der Waals surface area (Å²) in [6.45, 7) is 1.99. The fourth-order valence-electron chi connectivity index (χ4n) is 3.88. The van der Waals surface area contributed by atoms with Gasteiger partial charge < -0.3 is 4.74 Å². The summed E-state index contributed by atoms with van der Waals surface area (Å²) < 4.78 is 35.6. The van der Waals surface area contributed by atoms with Gasteiger partial charge in [-0.2, -0.15) is 5.26 Å². The third-order valence-electron chi connectivity index (χ3n) is 5.31.